The number of hydrogen-bond donors (Lipinski definition) is 4. The molecule has 0 fully saturated rings. The molecule has 0 amide bonds. The monoisotopic (exact) mass is 469 g/mol. The topological polar surface area (TPSA) is 117 Å². The number of aliphatic hydroxyl groups is 2. The van der Waals surface area contributed by atoms with Gasteiger partial charge in [0.25, 0.3) is 0 Å². The highest BCUT2D eigenvalue weighted by Gasteiger charge is 2.18. The summed E-state index contributed by atoms with van der Waals surface area (Å²) >= 11 is 0. The van der Waals surface area contributed by atoms with Gasteiger partial charge in [-0.1, -0.05) is 24.0 Å². The summed E-state index contributed by atoms with van der Waals surface area (Å²) in [4.78, 5) is 12.5. The molecule has 1 atom stereocenters. The van der Waals surface area contributed by atoms with Gasteiger partial charge in [0.2, 0.25) is 0 Å². The quantitative estimate of drug-likeness (QED) is 0.375. The molecule has 0 heterocycles. The van der Waals surface area contributed by atoms with Gasteiger partial charge in [-0.15, -0.1) is 0 Å². The van der Waals surface area contributed by atoms with E-state index < -0.39 is 12.9 Å². The molecule has 0 aliphatic heterocycles. The first-order valence-electron chi connectivity index (χ1n) is 11.2. The molecule has 2 aromatic rings. The lowest BCUT2D eigenvalue weighted by Gasteiger charge is -2.17. The molecule has 0 radical (unpaired) electrons. The van der Waals surface area contributed by atoms with E-state index in [1.165, 1.54) is 13.2 Å². The number of rotatable bonds is 6. The standard InChI is InChI=1S/C26H31NO7/c1-27-15-33-25-19-4-3-5-22-18(8-11-23(31)26(22)32-2)7-10-21(30)14-20(29)9-6-17(12-19)13-24(25)34-16-28/h8,11-13,20,27-29,31H,4,6-7,9-10,14-16H2,1-2H3/t20-/m1/s1. The minimum absolute atomic E-state index is 0.0334. The molecule has 3 rings (SSSR count). The van der Waals surface area contributed by atoms with Crippen LogP contribution in [0.25, 0.3) is 0 Å². The number of fused-ring (bicyclic) bond motifs is 3. The van der Waals surface area contributed by atoms with Crippen LogP contribution in [0, 0.1) is 11.8 Å². The predicted molar refractivity (Wildman–Crippen MR) is 126 cm³/mol. The Hall–Kier alpha value is -3.25. The predicted octanol–water partition coefficient (Wildman–Crippen LogP) is 2.08. The Morgan fingerprint density at radius 3 is 2.68 bits per heavy atom. The molecule has 8 heteroatoms. The van der Waals surface area contributed by atoms with Crippen molar-refractivity contribution in [3.8, 4) is 34.8 Å². The molecule has 8 nitrogen and oxygen atoms in total. The summed E-state index contributed by atoms with van der Waals surface area (Å²) in [5.41, 5.74) is 2.93. The zero-order chi connectivity index (χ0) is 24.5. The Morgan fingerprint density at radius 2 is 1.94 bits per heavy atom. The van der Waals surface area contributed by atoms with E-state index in [-0.39, 0.29) is 36.9 Å². The Kier molecular flexibility index (Phi) is 9.16. The number of Topliss-reactive ketones (excluding diaryl/α,β-unsaturated/α-hetero) is 1. The Bertz CT molecular complexity index is 1070. The molecule has 0 saturated carbocycles. The average Bonchev–Trinajstić information content (AvgIpc) is 2.81. The number of nitrogens with one attached hydrogen (secondary N) is 1. The van der Waals surface area contributed by atoms with Crippen LogP contribution in [-0.2, 0) is 24.1 Å². The maximum Gasteiger partial charge on any atom is 0.186 e. The van der Waals surface area contributed by atoms with Crippen LogP contribution in [0.5, 0.6) is 23.0 Å². The lowest BCUT2D eigenvalue weighted by Crippen LogP contribution is -2.16. The van der Waals surface area contributed by atoms with Gasteiger partial charge in [0.15, 0.2) is 29.8 Å². The minimum Gasteiger partial charge on any atom is -0.504 e. The number of phenols is 1. The Morgan fingerprint density at radius 1 is 1.12 bits per heavy atom. The summed E-state index contributed by atoms with van der Waals surface area (Å²) < 4.78 is 16.6. The number of carbonyl (C=O) groups is 1. The number of hydrogen-bond acceptors (Lipinski definition) is 8. The highest BCUT2D eigenvalue weighted by atomic mass is 16.6. The number of benzene rings is 2. The fraction of sp³-hybridized carbons (Fsp3) is 0.423. The zero-order valence-corrected chi connectivity index (χ0v) is 19.5. The number of carbonyl (C=O) groups excluding carboxylic acids is 1. The molecule has 182 valence electrons. The lowest BCUT2D eigenvalue weighted by atomic mass is 9.97. The number of methoxy groups -OCH3 is 1. The van der Waals surface area contributed by atoms with Crippen LogP contribution >= 0.6 is 0 Å². The van der Waals surface area contributed by atoms with Crippen molar-refractivity contribution in [1.82, 2.24) is 5.32 Å². The van der Waals surface area contributed by atoms with Crippen molar-refractivity contribution in [1.29, 1.82) is 0 Å². The van der Waals surface area contributed by atoms with Crippen LogP contribution < -0.4 is 19.5 Å². The van der Waals surface area contributed by atoms with Crippen LogP contribution in [0.1, 0.15) is 41.5 Å². The molecule has 2 bridgehead atoms. The molecule has 1 aliphatic rings. The summed E-state index contributed by atoms with van der Waals surface area (Å²) in [7, 11) is 3.21. The van der Waals surface area contributed by atoms with Crippen molar-refractivity contribution in [3.05, 3.63) is 46.5 Å². The summed E-state index contributed by atoms with van der Waals surface area (Å²) in [6.07, 6.45) is 1.19. The van der Waals surface area contributed by atoms with Crippen LogP contribution in [0.3, 0.4) is 0 Å². The van der Waals surface area contributed by atoms with Crippen molar-refractivity contribution >= 4 is 5.78 Å². The third-order valence-corrected chi connectivity index (χ3v) is 5.59. The lowest BCUT2D eigenvalue weighted by molar-refractivity contribution is -0.121. The largest absolute Gasteiger partial charge is 0.504 e. The molecular formula is C26H31NO7. The van der Waals surface area contributed by atoms with E-state index in [0.717, 1.165) is 16.7 Å². The van der Waals surface area contributed by atoms with Gasteiger partial charge in [-0.3, -0.25) is 10.1 Å². The van der Waals surface area contributed by atoms with Gasteiger partial charge in [-0.25, -0.2) is 0 Å². The van der Waals surface area contributed by atoms with Crippen LogP contribution in [-0.4, -0.2) is 54.9 Å². The van der Waals surface area contributed by atoms with E-state index >= 15 is 0 Å². The summed E-state index contributed by atoms with van der Waals surface area (Å²) in [6, 6.07) is 6.96. The number of ether oxygens (including phenoxy) is 3. The van der Waals surface area contributed by atoms with Gasteiger partial charge in [-0.05, 0) is 49.6 Å². The fourth-order valence-electron chi connectivity index (χ4n) is 3.95. The van der Waals surface area contributed by atoms with Gasteiger partial charge in [0, 0.05) is 24.8 Å². The number of phenolic OH excluding ortho intramolecular Hbond substituents is 1. The van der Waals surface area contributed by atoms with E-state index in [4.69, 9.17) is 14.2 Å². The van der Waals surface area contributed by atoms with Crippen molar-refractivity contribution in [3.63, 3.8) is 0 Å². The fourth-order valence-corrected chi connectivity index (χ4v) is 3.95. The summed E-state index contributed by atoms with van der Waals surface area (Å²) in [6.45, 7) is -0.293. The highest BCUT2D eigenvalue weighted by Crippen LogP contribution is 2.35. The highest BCUT2D eigenvalue weighted by molar-refractivity contribution is 5.79. The van der Waals surface area contributed by atoms with E-state index in [1.807, 2.05) is 6.07 Å². The average molecular weight is 470 g/mol. The van der Waals surface area contributed by atoms with Gasteiger partial charge >= 0.3 is 0 Å². The van der Waals surface area contributed by atoms with Crippen molar-refractivity contribution < 1.29 is 34.3 Å². The molecule has 0 spiro atoms. The van der Waals surface area contributed by atoms with Crippen molar-refractivity contribution in [2.45, 2.75) is 44.6 Å². The second-order valence-electron chi connectivity index (χ2n) is 8.06. The first kappa shape index (κ1) is 25.4. The second-order valence-corrected chi connectivity index (χ2v) is 8.06. The molecule has 0 unspecified atom stereocenters. The normalized spacial score (nSPS) is 16.4. The van der Waals surface area contributed by atoms with Crippen LogP contribution in [0.4, 0.5) is 0 Å². The summed E-state index contributed by atoms with van der Waals surface area (Å²) in [5.74, 6) is 7.25. The maximum absolute atomic E-state index is 12.5. The molecule has 4 N–H and O–H groups in total. The zero-order valence-electron chi connectivity index (χ0n) is 19.5. The van der Waals surface area contributed by atoms with Gasteiger partial charge in [0.1, 0.15) is 12.5 Å². The molecule has 0 aromatic heterocycles. The number of aliphatic hydroxyl groups excluding tert-OH is 2. The third-order valence-electron chi connectivity index (χ3n) is 5.59. The number of aryl methyl sites for hydroxylation is 2. The first-order valence-corrected chi connectivity index (χ1v) is 11.2. The second kappa shape index (κ2) is 12.3. The third kappa shape index (κ3) is 6.41. The maximum atomic E-state index is 12.5. The Labute approximate surface area is 199 Å². The number of ketones is 1. The Balaban J connectivity index is 2.11. The van der Waals surface area contributed by atoms with Crippen LogP contribution in [0.15, 0.2) is 24.3 Å². The molecule has 0 saturated heterocycles. The van der Waals surface area contributed by atoms with E-state index in [0.29, 0.717) is 42.7 Å². The smallest absolute Gasteiger partial charge is 0.186 e. The van der Waals surface area contributed by atoms with Gasteiger partial charge in [0.05, 0.1) is 18.8 Å². The molecular weight excluding hydrogens is 438 g/mol. The SMILES string of the molecule is CNCOc1c2cc(cc1OCO)CC[C@@H](O)CC(=O)CCc1ccc(O)c(OC)c1C#CC2. The van der Waals surface area contributed by atoms with E-state index in [9.17, 15) is 20.1 Å². The van der Waals surface area contributed by atoms with E-state index in [2.05, 4.69) is 17.2 Å². The number of aromatic hydroxyl groups is 1. The van der Waals surface area contributed by atoms with Crippen LogP contribution in [0.2, 0.25) is 0 Å². The van der Waals surface area contributed by atoms with Crippen molar-refractivity contribution in [2.75, 3.05) is 27.7 Å². The summed E-state index contributed by atoms with van der Waals surface area (Å²) in [5, 5.41) is 33.0. The minimum atomic E-state index is -0.770. The van der Waals surface area contributed by atoms with Crippen molar-refractivity contribution in [2.24, 2.45) is 0 Å². The van der Waals surface area contributed by atoms with E-state index in [1.54, 1.807) is 19.2 Å². The molecule has 1 aliphatic carbocycles. The van der Waals surface area contributed by atoms with Gasteiger partial charge in [-0.2, -0.15) is 0 Å². The molecule has 2 aromatic carbocycles. The first-order chi connectivity index (χ1) is 16.5. The molecule has 34 heavy (non-hydrogen) atoms. The van der Waals surface area contributed by atoms with Gasteiger partial charge < -0.3 is 29.5 Å².